The molecule has 0 atom stereocenters. The van der Waals surface area contributed by atoms with Crippen molar-refractivity contribution in [1.82, 2.24) is 9.97 Å². The number of fused-ring (bicyclic) bond motifs is 6. The van der Waals surface area contributed by atoms with Crippen LogP contribution in [0.4, 0.5) is 0 Å². The molecule has 11 rings (SSSR count). The van der Waals surface area contributed by atoms with E-state index in [4.69, 9.17) is 9.97 Å². The van der Waals surface area contributed by atoms with Crippen LogP contribution in [-0.2, 0) is 5.41 Å². The van der Waals surface area contributed by atoms with Crippen molar-refractivity contribution in [2.75, 3.05) is 0 Å². The third-order valence-electron chi connectivity index (χ3n) is 11.4. The summed E-state index contributed by atoms with van der Waals surface area (Å²) in [5.41, 5.74) is 14.4. The summed E-state index contributed by atoms with van der Waals surface area (Å²) >= 11 is 1.85. The summed E-state index contributed by atoms with van der Waals surface area (Å²) in [6.07, 6.45) is 0. The number of benzene rings is 8. The Morgan fingerprint density at radius 1 is 0.339 bits per heavy atom. The number of aromatic nitrogens is 2. The Morgan fingerprint density at radius 3 is 1.66 bits per heavy atom. The van der Waals surface area contributed by atoms with Crippen LogP contribution >= 0.6 is 11.3 Å². The highest BCUT2D eigenvalue weighted by Gasteiger charge is 2.46. The molecule has 0 saturated heterocycles. The minimum atomic E-state index is -0.446. The largest absolute Gasteiger partial charge is 0.228 e. The van der Waals surface area contributed by atoms with Crippen LogP contribution in [0.1, 0.15) is 22.3 Å². The highest BCUT2D eigenvalue weighted by Crippen LogP contribution is 2.56. The summed E-state index contributed by atoms with van der Waals surface area (Å²) in [6, 6.07) is 74.5. The van der Waals surface area contributed by atoms with Gasteiger partial charge in [0.05, 0.1) is 16.8 Å². The molecule has 0 fully saturated rings. The molecule has 0 radical (unpaired) electrons. The van der Waals surface area contributed by atoms with Crippen molar-refractivity contribution in [1.29, 1.82) is 0 Å². The lowest BCUT2D eigenvalue weighted by Gasteiger charge is -2.33. The van der Waals surface area contributed by atoms with E-state index >= 15 is 0 Å². The Labute approximate surface area is 330 Å². The van der Waals surface area contributed by atoms with Crippen molar-refractivity contribution < 1.29 is 0 Å². The van der Waals surface area contributed by atoms with E-state index in [1.54, 1.807) is 0 Å². The smallest absolute Gasteiger partial charge is 0.160 e. The maximum atomic E-state index is 5.26. The van der Waals surface area contributed by atoms with Crippen LogP contribution in [0.15, 0.2) is 206 Å². The molecule has 0 aliphatic heterocycles. The SMILES string of the molecule is c1ccc(-c2nc(-c3cccc(-c4ccc5c(c4)sc4ccccc45)c3)cc(-c3ccc4c(c3)-c3ccccc3C4(c3ccccc3)c3ccccc3)n2)cc1. The third kappa shape index (κ3) is 5.16. The lowest BCUT2D eigenvalue weighted by atomic mass is 9.67. The number of hydrogen-bond donors (Lipinski definition) is 0. The fraction of sp³-hybridized carbons (Fsp3) is 0.0189. The Hall–Kier alpha value is -6.94. The summed E-state index contributed by atoms with van der Waals surface area (Å²) in [4.78, 5) is 10.5. The molecule has 0 saturated carbocycles. The van der Waals surface area contributed by atoms with E-state index in [2.05, 4.69) is 200 Å². The summed E-state index contributed by atoms with van der Waals surface area (Å²) in [7, 11) is 0. The third-order valence-corrected chi connectivity index (χ3v) is 12.5. The number of thiophene rings is 1. The van der Waals surface area contributed by atoms with Crippen molar-refractivity contribution >= 4 is 31.5 Å². The van der Waals surface area contributed by atoms with Gasteiger partial charge in [0.1, 0.15) is 0 Å². The van der Waals surface area contributed by atoms with Gasteiger partial charge in [-0.3, -0.25) is 0 Å². The van der Waals surface area contributed by atoms with E-state index in [0.717, 1.165) is 33.6 Å². The molecular weight excluding hydrogens is 697 g/mol. The van der Waals surface area contributed by atoms with Gasteiger partial charge in [-0.25, -0.2) is 9.97 Å². The van der Waals surface area contributed by atoms with Gasteiger partial charge in [-0.05, 0) is 74.8 Å². The molecule has 0 N–H and O–H groups in total. The summed E-state index contributed by atoms with van der Waals surface area (Å²) in [6.45, 7) is 0. The molecule has 2 aromatic heterocycles. The fourth-order valence-corrected chi connectivity index (χ4v) is 9.98. The Morgan fingerprint density at radius 2 is 0.893 bits per heavy atom. The van der Waals surface area contributed by atoms with Crippen LogP contribution in [0.25, 0.3) is 76.3 Å². The molecule has 1 aliphatic carbocycles. The lowest BCUT2D eigenvalue weighted by molar-refractivity contribution is 0.768. The van der Waals surface area contributed by atoms with E-state index in [-0.39, 0.29) is 0 Å². The Kier molecular flexibility index (Phi) is 7.61. The minimum absolute atomic E-state index is 0.446. The molecule has 2 nitrogen and oxygen atoms in total. The first-order valence-corrected chi connectivity index (χ1v) is 19.9. The molecule has 0 amide bonds. The quantitative estimate of drug-likeness (QED) is 0.170. The van der Waals surface area contributed by atoms with Crippen molar-refractivity contribution in [2.24, 2.45) is 0 Å². The molecule has 262 valence electrons. The molecule has 0 spiro atoms. The first-order valence-electron chi connectivity index (χ1n) is 19.1. The average Bonchev–Trinajstić information content (AvgIpc) is 3.80. The summed E-state index contributed by atoms with van der Waals surface area (Å²) in [5.74, 6) is 0.707. The molecule has 56 heavy (non-hydrogen) atoms. The van der Waals surface area contributed by atoms with Gasteiger partial charge in [0.25, 0.3) is 0 Å². The number of rotatable bonds is 6. The monoisotopic (exact) mass is 730 g/mol. The van der Waals surface area contributed by atoms with E-state index < -0.39 is 5.41 Å². The van der Waals surface area contributed by atoms with Gasteiger partial charge in [0.2, 0.25) is 0 Å². The van der Waals surface area contributed by atoms with Crippen LogP contribution in [-0.4, -0.2) is 9.97 Å². The highest BCUT2D eigenvalue weighted by atomic mass is 32.1. The molecule has 8 aromatic carbocycles. The fourth-order valence-electron chi connectivity index (χ4n) is 8.83. The van der Waals surface area contributed by atoms with Crippen molar-refractivity contribution in [3.8, 4) is 56.2 Å². The maximum absolute atomic E-state index is 5.26. The topological polar surface area (TPSA) is 25.8 Å². The Balaban J connectivity index is 1.07. The normalized spacial score (nSPS) is 12.8. The molecule has 3 heteroatoms. The van der Waals surface area contributed by atoms with E-state index in [9.17, 15) is 0 Å². The second-order valence-corrected chi connectivity index (χ2v) is 15.6. The van der Waals surface area contributed by atoms with Crippen LogP contribution in [0.3, 0.4) is 0 Å². The minimum Gasteiger partial charge on any atom is -0.228 e. The van der Waals surface area contributed by atoms with Gasteiger partial charge < -0.3 is 0 Å². The molecule has 10 aromatic rings. The zero-order chi connectivity index (χ0) is 37.1. The number of nitrogens with zero attached hydrogens (tertiary/aromatic N) is 2. The molecule has 2 heterocycles. The van der Waals surface area contributed by atoms with Gasteiger partial charge in [0, 0.05) is 36.9 Å². The van der Waals surface area contributed by atoms with Gasteiger partial charge in [0.15, 0.2) is 5.82 Å². The van der Waals surface area contributed by atoms with Crippen LogP contribution in [0.2, 0.25) is 0 Å². The molecular formula is C53H34N2S. The molecule has 0 bridgehead atoms. The second-order valence-electron chi connectivity index (χ2n) is 14.5. The average molecular weight is 731 g/mol. The summed E-state index contributed by atoms with van der Waals surface area (Å²) < 4.78 is 2.61. The van der Waals surface area contributed by atoms with Crippen LogP contribution < -0.4 is 0 Å². The Bertz CT molecular complexity index is 3040. The van der Waals surface area contributed by atoms with E-state index in [1.165, 1.54) is 59.1 Å². The maximum Gasteiger partial charge on any atom is 0.160 e. The van der Waals surface area contributed by atoms with Crippen LogP contribution in [0.5, 0.6) is 0 Å². The van der Waals surface area contributed by atoms with E-state index in [0.29, 0.717) is 5.82 Å². The molecule has 1 aliphatic rings. The van der Waals surface area contributed by atoms with Crippen molar-refractivity contribution in [3.05, 3.63) is 229 Å². The first kappa shape index (κ1) is 32.5. The second kappa shape index (κ2) is 13.1. The zero-order valence-electron chi connectivity index (χ0n) is 30.4. The van der Waals surface area contributed by atoms with E-state index in [1.807, 2.05) is 17.4 Å². The van der Waals surface area contributed by atoms with Crippen LogP contribution in [0, 0.1) is 0 Å². The van der Waals surface area contributed by atoms with Crippen molar-refractivity contribution in [3.63, 3.8) is 0 Å². The predicted octanol–water partition coefficient (Wildman–Crippen LogP) is 13.9. The highest BCUT2D eigenvalue weighted by molar-refractivity contribution is 7.25. The van der Waals surface area contributed by atoms with Gasteiger partial charge in [-0.15, -0.1) is 11.3 Å². The van der Waals surface area contributed by atoms with Gasteiger partial charge in [-0.1, -0.05) is 176 Å². The number of hydrogen-bond acceptors (Lipinski definition) is 3. The van der Waals surface area contributed by atoms with Gasteiger partial charge in [-0.2, -0.15) is 0 Å². The first-order chi connectivity index (χ1) is 27.7. The standard InChI is InChI=1S/C53H34N2S/c1-4-15-35(16-5-1)52-54-48(38-18-14-17-36(31-38)37-27-29-44-43-24-11-13-26-50(43)56-51(44)33-37)34-49(55-52)39-28-30-47-45(32-39)42-23-10-12-25-46(42)53(47,40-19-6-2-7-20-40)41-21-8-3-9-22-41/h1-34H. The summed E-state index contributed by atoms with van der Waals surface area (Å²) in [5, 5.41) is 2.62. The van der Waals surface area contributed by atoms with Gasteiger partial charge >= 0.3 is 0 Å². The molecule has 0 unspecified atom stereocenters. The zero-order valence-corrected chi connectivity index (χ0v) is 31.2. The lowest BCUT2D eigenvalue weighted by Crippen LogP contribution is -2.28. The van der Waals surface area contributed by atoms with Crippen molar-refractivity contribution in [2.45, 2.75) is 5.41 Å². The predicted molar refractivity (Wildman–Crippen MR) is 234 cm³/mol.